The summed E-state index contributed by atoms with van der Waals surface area (Å²) in [6.45, 7) is 11.6. The second kappa shape index (κ2) is 3.99. The number of fused-ring (bicyclic) bond motifs is 3. The lowest BCUT2D eigenvalue weighted by molar-refractivity contribution is -0.304. The van der Waals surface area contributed by atoms with Crippen molar-refractivity contribution in [3.8, 4) is 0 Å². The molecule has 5 atom stereocenters. The number of hydrogen-bond donors (Lipinski definition) is 0. The van der Waals surface area contributed by atoms with Crippen molar-refractivity contribution in [1.82, 2.24) is 0 Å². The van der Waals surface area contributed by atoms with Gasteiger partial charge in [-0.1, -0.05) is 20.8 Å². The third kappa shape index (κ3) is 1.50. The van der Waals surface area contributed by atoms with E-state index in [1.807, 2.05) is 0 Å². The van der Waals surface area contributed by atoms with Gasteiger partial charge in [-0.15, -0.1) is 0 Å². The Bertz CT molecular complexity index is 331. The smallest absolute Gasteiger partial charge is 0.155 e. The summed E-state index contributed by atoms with van der Waals surface area (Å²) >= 11 is 0. The molecule has 1 saturated heterocycles. The SMILES string of the molecule is CC1CC2(CC3CCC2(C)C3(C)C)OC(C)O1.[B]. The Morgan fingerprint density at radius 2 is 1.72 bits per heavy atom. The maximum atomic E-state index is 6.36. The van der Waals surface area contributed by atoms with Gasteiger partial charge in [0, 0.05) is 20.2 Å². The zero-order valence-electron chi connectivity index (χ0n) is 12.5. The Balaban J connectivity index is 0.00000120. The lowest BCUT2D eigenvalue weighted by Crippen LogP contribution is -2.55. The molecule has 0 aromatic heterocycles. The van der Waals surface area contributed by atoms with Gasteiger partial charge in [0.05, 0.1) is 11.7 Å². The van der Waals surface area contributed by atoms with Crippen molar-refractivity contribution in [3.05, 3.63) is 0 Å². The molecule has 18 heavy (non-hydrogen) atoms. The van der Waals surface area contributed by atoms with Gasteiger partial charge in [-0.25, -0.2) is 0 Å². The van der Waals surface area contributed by atoms with Crippen LogP contribution in [0.25, 0.3) is 0 Å². The first-order chi connectivity index (χ1) is 7.81. The summed E-state index contributed by atoms with van der Waals surface area (Å²) < 4.78 is 12.1. The highest BCUT2D eigenvalue weighted by atomic mass is 16.7. The standard InChI is InChI=1S/C15H26O2.B/c1-10-8-15(17-11(2)16-10)9-12-6-7-14(15,5)13(12,3)4;/h10-12H,6-9H2,1-5H3;. The first-order valence-corrected chi connectivity index (χ1v) is 7.14. The molecule has 2 saturated carbocycles. The zero-order valence-corrected chi connectivity index (χ0v) is 12.5. The average molecular weight is 249 g/mol. The maximum Gasteiger partial charge on any atom is 0.155 e. The number of ether oxygens (including phenoxy) is 2. The Hall–Kier alpha value is -0.0151. The topological polar surface area (TPSA) is 18.5 Å². The molecule has 1 heterocycles. The summed E-state index contributed by atoms with van der Waals surface area (Å²) in [5, 5.41) is 0. The van der Waals surface area contributed by atoms with Crippen LogP contribution in [-0.2, 0) is 9.47 Å². The van der Waals surface area contributed by atoms with Gasteiger partial charge in [0.25, 0.3) is 0 Å². The van der Waals surface area contributed by atoms with Gasteiger partial charge >= 0.3 is 0 Å². The van der Waals surface area contributed by atoms with Gasteiger partial charge < -0.3 is 9.47 Å². The van der Waals surface area contributed by atoms with Crippen LogP contribution < -0.4 is 0 Å². The van der Waals surface area contributed by atoms with Gasteiger partial charge in [0.2, 0.25) is 0 Å². The second-order valence-corrected chi connectivity index (χ2v) is 7.32. The molecule has 3 fully saturated rings. The highest BCUT2D eigenvalue weighted by molar-refractivity contribution is 5.75. The minimum atomic E-state index is -0.0364. The van der Waals surface area contributed by atoms with E-state index in [-0.39, 0.29) is 20.3 Å². The van der Waals surface area contributed by atoms with E-state index < -0.39 is 0 Å². The molecule has 1 aliphatic heterocycles. The highest BCUT2D eigenvalue weighted by Gasteiger charge is 2.70. The number of hydrogen-bond acceptors (Lipinski definition) is 2. The molecule has 3 rings (SSSR count). The van der Waals surface area contributed by atoms with Crippen molar-refractivity contribution < 1.29 is 9.47 Å². The largest absolute Gasteiger partial charge is 0.350 e. The summed E-state index contributed by atoms with van der Waals surface area (Å²) in [5.74, 6) is 0.838. The van der Waals surface area contributed by atoms with Crippen molar-refractivity contribution in [1.29, 1.82) is 0 Å². The minimum Gasteiger partial charge on any atom is -0.350 e. The van der Waals surface area contributed by atoms with Crippen molar-refractivity contribution in [3.63, 3.8) is 0 Å². The van der Waals surface area contributed by atoms with E-state index in [1.54, 1.807) is 0 Å². The monoisotopic (exact) mass is 249 g/mol. The average Bonchev–Trinajstić information content (AvgIpc) is 2.48. The molecule has 0 aromatic carbocycles. The third-order valence-corrected chi connectivity index (χ3v) is 6.45. The summed E-state index contributed by atoms with van der Waals surface area (Å²) in [4.78, 5) is 0. The molecule has 2 aliphatic carbocycles. The van der Waals surface area contributed by atoms with E-state index in [1.165, 1.54) is 19.3 Å². The molecule has 3 aliphatic rings. The van der Waals surface area contributed by atoms with Gasteiger partial charge in [-0.3, -0.25) is 0 Å². The van der Waals surface area contributed by atoms with Crippen molar-refractivity contribution >= 4 is 8.41 Å². The highest BCUT2D eigenvalue weighted by Crippen LogP contribution is 2.72. The Morgan fingerprint density at radius 1 is 1.06 bits per heavy atom. The minimum absolute atomic E-state index is 0. The van der Waals surface area contributed by atoms with Crippen molar-refractivity contribution in [2.45, 2.75) is 78.3 Å². The maximum absolute atomic E-state index is 6.36. The Morgan fingerprint density at radius 3 is 2.17 bits per heavy atom. The fourth-order valence-electron chi connectivity index (χ4n) is 5.11. The van der Waals surface area contributed by atoms with Crippen LogP contribution in [0.4, 0.5) is 0 Å². The molecule has 101 valence electrons. The van der Waals surface area contributed by atoms with Crippen LogP contribution in [0.3, 0.4) is 0 Å². The van der Waals surface area contributed by atoms with E-state index in [0.717, 1.165) is 12.3 Å². The second-order valence-electron chi connectivity index (χ2n) is 7.32. The third-order valence-electron chi connectivity index (χ3n) is 6.45. The molecule has 3 heteroatoms. The van der Waals surface area contributed by atoms with Crippen LogP contribution in [0.1, 0.15) is 60.3 Å². The predicted molar refractivity (Wildman–Crippen MR) is 73.4 cm³/mol. The van der Waals surface area contributed by atoms with Crippen LogP contribution in [0, 0.1) is 16.7 Å². The molecule has 2 bridgehead atoms. The van der Waals surface area contributed by atoms with E-state index >= 15 is 0 Å². The first-order valence-electron chi connectivity index (χ1n) is 7.14. The molecule has 3 radical (unpaired) electrons. The molecular formula is C15H26BO2. The van der Waals surface area contributed by atoms with Crippen LogP contribution >= 0.6 is 0 Å². The summed E-state index contributed by atoms with van der Waals surface area (Å²) in [5.41, 5.74) is 0.831. The van der Waals surface area contributed by atoms with Crippen LogP contribution in [0.2, 0.25) is 0 Å². The first kappa shape index (κ1) is 14.4. The van der Waals surface area contributed by atoms with Gasteiger partial charge in [-0.05, 0) is 44.4 Å². The predicted octanol–water partition coefficient (Wildman–Crippen LogP) is 3.36. The lowest BCUT2D eigenvalue weighted by Gasteiger charge is -2.53. The molecule has 5 unspecified atom stereocenters. The molecular weight excluding hydrogens is 223 g/mol. The van der Waals surface area contributed by atoms with Crippen LogP contribution in [0.5, 0.6) is 0 Å². The zero-order chi connectivity index (χ0) is 12.5. The molecule has 1 spiro atoms. The van der Waals surface area contributed by atoms with E-state index in [0.29, 0.717) is 16.9 Å². The van der Waals surface area contributed by atoms with Gasteiger partial charge in [-0.2, -0.15) is 0 Å². The van der Waals surface area contributed by atoms with Gasteiger partial charge in [0.15, 0.2) is 6.29 Å². The van der Waals surface area contributed by atoms with E-state index in [4.69, 9.17) is 9.47 Å². The number of rotatable bonds is 0. The molecule has 0 aromatic rings. The van der Waals surface area contributed by atoms with Crippen LogP contribution in [-0.4, -0.2) is 26.4 Å². The quantitative estimate of drug-likeness (QED) is 0.613. The van der Waals surface area contributed by atoms with E-state index in [2.05, 4.69) is 34.6 Å². The molecule has 0 N–H and O–H groups in total. The Labute approximate surface area is 113 Å². The Kier molecular flexibility index (Phi) is 3.19. The summed E-state index contributed by atoms with van der Waals surface area (Å²) in [6, 6.07) is 0. The fourth-order valence-corrected chi connectivity index (χ4v) is 5.11. The molecule has 0 amide bonds. The van der Waals surface area contributed by atoms with Crippen LogP contribution in [0.15, 0.2) is 0 Å². The van der Waals surface area contributed by atoms with Crippen molar-refractivity contribution in [2.24, 2.45) is 16.7 Å². The van der Waals surface area contributed by atoms with E-state index in [9.17, 15) is 0 Å². The molecule has 2 nitrogen and oxygen atoms in total. The lowest BCUT2D eigenvalue weighted by atomic mass is 9.62. The fraction of sp³-hybridized carbons (Fsp3) is 1.00. The normalized spacial score (nSPS) is 53.5. The van der Waals surface area contributed by atoms with Gasteiger partial charge in [0.1, 0.15) is 0 Å². The summed E-state index contributed by atoms with van der Waals surface area (Å²) in [7, 11) is 0. The van der Waals surface area contributed by atoms with Crippen molar-refractivity contribution in [2.75, 3.05) is 0 Å². The summed E-state index contributed by atoms with van der Waals surface area (Å²) in [6.07, 6.45) is 5.33.